The highest BCUT2D eigenvalue weighted by Gasteiger charge is 2.24. The van der Waals surface area contributed by atoms with Crippen molar-refractivity contribution >= 4 is 17.5 Å². The van der Waals surface area contributed by atoms with Crippen LogP contribution in [0.1, 0.15) is 59.1 Å². The highest BCUT2D eigenvalue weighted by Crippen LogP contribution is 2.27. The van der Waals surface area contributed by atoms with E-state index in [1.807, 2.05) is 28.9 Å². The molecular weight excluding hydrogens is 390 g/mol. The van der Waals surface area contributed by atoms with Gasteiger partial charge in [0.25, 0.3) is 5.91 Å². The zero-order valence-electron chi connectivity index (χ0n) is 16.4. The SMILES string of the molecule is Cc1noc(CCCNC(=O)c2nn(-c3ccc(Cl)cc3)c3c2CCCCC3)n1. The number of aryl methyl sites for hydroxylation is 2. The van der Waals surface area contributed by atoms with E-state index in [9.17, 15) is 4.79 Å². The zero-order valence-corrected chi connectivity index (χ0v) is 17.2. The van der Waals surface area contributed by atoms with Gasteiger partial charge in [0.05, 0.1) is 5.69 Å². The van der Waals surface area contributed by atoms with Crippen molar-refractivity contribution in [3.8, 4) is 5.69 Å². The maximum Gasteiger partial charge on any atom is 0.272 e. The van der Waals surface area contributed by atoms with Crippen LogP contribution in [0.25, 0.3) is 5.69 Å². The molecule has 0 unspecified atom stereocenters. The van der Waals surface area contributed by atoms with Gasteiger partial charge in [-0.25, -0.2) is 4.68 Å². The summed E-state index contributed by atoms with van der Waals surface area (Å²) in [5.41, 5.74) is 3.67. The minimum absolute atomic E-state index is 0.127. The normalized spacial score (nSPS) is 13.7. The average molecular weight is 414 g/mol. The van der Waals surface area contributed by atoms with Crippen molar-refractivity contribution in [1.82, 2.24) is 25.2 Å². The first-order valence-corrected chi connectivity index (χ1v) is 10.4. The van der Waals surface area contributed by atoms with Crippen LogP contribution >= 0.6 is 11.6 Å². The summed E-state index contributed by atoms with van der Waals surface area (Å²) in [7, 11) is 0. The topological polar surface area (TPSA) is 85.8 Å². The number of hydrogen-bond acceptors (Lipinski definition) is 5. The maximum absolute atomic E-state index is 12.9. The molecule has 0 bridgehead atoms. The van der Waals surface area contributed by atoms with E-state index in [1.54, 1.807) is 6.92 Å². The Labute approximate surface area is 174 Å². The third-order valence-corrected chi connectivity index (χ3v) is 5.39. The summed E-state index contributed by atoms with van der Waals surface area (Å²) in [6.07, 6.45) is 6.53. The molecule has 0 aliphatic heterocycles. The molecule has 0 saturated carbocycles. The van der Waals surface area contributed by atoms with Crippen LogP contribution in [-0.4, -0.2) is 32.4 Å². The number of carbonyl (C=O) groups is 1. The Kier molecular flexibility index (Phi) is 5.94. The van der Waals surface area contributed by atoms with Gasteiger partial charge in [0, 0.05) is 29.2 Å². The zero-order chi connectivity index (χ0) is 20.2. The van der Waals surface area contributed by atoms with E-state index in [0.717, 1.165) is 49.0 Å². The molecule has 29 heavy (non-hydrogen) atoms. The average Bonchev–Trinajstić information content (AvgIpc) is 3.20. The largest absolute Gasteiger partial charge is 0.351 e. The number of nitrogens with zero attached hydrogens (tertiary/aromatic N) is 4. The van der Waals surface area contributed by atoms with Gasteiger partial charge in [0.15, 0.2) is 11.5 Å². The summed E-state index contributed by atoms with van der Waals surface area (Å²) in [5.74, 6) is 1.09. The van der Waals surface area contributed by atoms with Crippen LogP contribution < -0.4 is 5.32 Å². The van der Waals surface area contributed by atoms with Gasteiger partial charge >= 0.3 is 0 Å². The maximum atomic E-state index is 12.9. The fourth-order valence-corrected chi connectivity index (χ4v) is 3.85. The van der Waals surface area contributed by atoms with Crippen molar-refractivity contribution in [3.05, 3.63) is 58.0 Å². The second kappa shape index (κ2) is 8.78. The lowest BCUT2D eigenvalue weighted by Crippen LogP contribution is -2.26. The highest BCUT2D eigenvalue weighted by molar-refractivity contribution is 6.30. The minimum Gasteiger partial charge on any atom is -0.351 e. The Hall–Kier alpha value is -2.67. The fourth-order valence-electron chi connectivity index (χ4n) is 3.72. The second-order valence-corrected chi connectivity index (χ2v) is 7.75. The Morgan fingerprint density at radius 3 is 2.76 bits per heavy atom. The molecule has 2 aromatic heterocycles. The van der Waals surface area contributed by atoms with Gasteiger partial charge in [0.1, 0.15) is 0 Å². The van der Waals surface area contributed by atoms with Crippen molar-refractivity contribution < 1.29 is 9.32 Å². The number of amides is 1. The first-order chi connectivity index (χ1) is 14.1. The number of hydrogen-bond donors (Lipinski definition) is 1. The van der Waals surface area contributed by atoms with E-state index >= 15 is 0 Å². The molecule has 2 heterocycles. The number of aromatic nitrogens is 4. The van der Waals surface area contributed by atoms with Gasteiger partial charge < -0.3 is 9.84 Å². The van der Waals surface area contributed by atoms with Gasteiger partial charge in [-0.05, 0) is 63.3 Å². The number of fused-ring (bicyclic) bond motifs is 1. The number of halogens is 1. The van der Waals surface area contributed by atoms with Crippen LogP contribution in [-0.2, 0) is 19.3 Å². The van der Waals surface area contributed by atoms with E-state index < -0.39 is 0 Å². The van der Waals surface area contributed by atoms with Gasteiger partial charge in [-0.3, -0.25) is 4.79 Å². The van der Waals surface area contributed by atoms with E-state index in [-0.39, 0.29) is 5.91 Å². The van der Waals surface area contributed by atoms with Crippen LogP contribution in [0.15, 0.2) is 28.8 Å². The minimum atomic E-state index is -0.127. The number of carbonyl (C=O) groups excluding carboxylic acids is 1. The standard InChI is InChI=1S/C21H24ClN5O2/c1-14-24-19(29-26-14)8-5-13-23-21(28)20-17-6-3-2-4-7-18(17)27(25-20)16-11-9-15(22)10-12-16/h9-12H,2-8,13H2,1H3,(H,23,28). The number of benzene rings is 1. The molecule has 152 valence electrons. The molecule has 1 aliphatic carbocycles. The quantitative estimate of drug-likeness (QED) is 0.490. The van der Waals surface area contributed by atoms with Crippen molar-refractivity contribution in [2.75, 3.05) is 6.54 Å². The summed E-state index contributed by atoms with van der Waals surface area (Å²) in [4.78, 5) is 17.1. The van der Waals surface area contributed by atoms with Crippen molar-refractivity contribution in [1.29, 1.82) is 0 Å². The molecule has 1 aliphatic rings. The van der Waals surface area contributed by atoms with Crippen molar-refractivity contribution in [2.24, 2.45) is 0 Å². The van der Waals surface area contributed by atoms with Gasteiger partial charge in [0.2, 0.25) is 5.89 Å². The molecule has 0 saturated heterocycles. The van der Waals surface area contributed by atoms with Gasteiger partial charge in [-0.1, -0.05) is 23.2 Å². The number of rotatable bonds is 6. The highest BCUT2D eigenvalue weighted by atomic mass is 35.5. The summed E-state index contributed by atoms with van der Waals surface area (Å²) in [5, 5.41) is 12.1. The third-order valence-electron chi connectivity index (χ3n) is 5.14. The number of nitrogens with one attached hydrogen (secondary N) is 1. The molecule has 0 fully saturated rings. The van der Waals surface area contributed by atoms with E-state index in [4.69, 9.17) is 21.2 Å². The van der Waals surface area contributed by atoms with E-state index in [0.29, 0.717) is 35.4 Å². The lowest BCUT2D eigenvalue weighted by Gasteiger charge is -2.07. The van der Waals surface area contributed by atoms with Gasteiger partial charge in [-0.2, -0.15) is 10.1 Å². The van der Waals surface area contributed by atoms with Crippen LogP contribution in [0.2, 0.25) is 5.02 Å². The summed E-state index contributed by atoms with van der Waals surface area (Å²) in [6, 6.07) is 7.57. The Balaban J connectivity index is 1.49. The lowest BCUT2D eigenvalue weighted by atomic mass is 10.1. The van der Waals surface area contributed by atoms with Crippen LogP contribution in [0.3, 0.4) is 0 Å². The third kappa shape index (κ3) is 4.50. The summed E-state index contributed by atoms with van der Waals surface area (Å²) in [6.45, 7) is 2.32. The fraction of sp³-hybridized carbons (Fsp3) is 0.429. The molecule has 4 rings (SSSR count). The molecule has 1 aromatic carbocycles. The summed E-state index contributed by atoms with van der Waals surface area (Å²) >= 11 is 6.03. The summed E-state index contributed by atoms with van der Waals surface area (Å²) < 4.78 is 7.02. The van der Waals surface area contributed by atoms with Crippen molar-refractivity contribution in [3.63, 3.8) is 0 Å². The molecular formula is C21H24ClN5O2. The van der Waals surface area contributed by atoms with E-state index in [1.165, 1.54) is 6.42 Å². The molecule has 7 nitrogen and oxygen atoms in total. The van der Waals surface area contributed by atoms with Crippen LogP contribution in [0.5, 0.6) is 0 Å². The van der Waals surface area contributed by atoms with Crippen LogP contribution in [0, 0.1) is 6.92 Å². The molecule has 8 heteroatoms. The van der Waals surface area contributed by atoms with E-state index in [2.05, 4.69) is 15.5 Å². The predicted molar refractivity (Wildman–Crippen MR) is 110 cm³/mol. The molecule has 0 radical (unpaired) electrons. The van der Waals surface area contributed by atoms with Crippen molar-refractivity contribution in [2.45, 2.75) is 51.9 Å². The lowest BCUT2D eigenvalue weighted by molar-refractivity contribution is 0.0946. The second-order valence-electron chi connectivity index (χ2n) is 7.32. The first-order valence-electron chi connectivity index (χ1n) is 10.1. The molecule has 1 N–H and O–H groups in total. The predicted octanol–water partition coefficient (Wildman–Crippen LogP) is 3.85. The first kappa shape index (κ1) is 19.6. The Bertz CT molecular complexity index is 993. The Morgan fingerprint density at radius 1 is 1.21 bits per heavy atom. The molecule has 1 amide bonds. The molecule has 0 atom stereocenters. The molecule has 3 aromatic rings. The smallest absolute Gasteiger partial charge is 0.272 e. The van der Waals surface area contributed by atoms with Crippen LogP contribution in [0.4, 0.5) is 0 Å². The monoisotopic (exact) mass is 413 g/mol. The van der Waals surface area contributed by atoms with Gasteiger partial charge in [-0.15, -0.1) is 0 Å². The molecule has 0 spiro atoms. The Morgan fingerprint density at radius 2 is 2.00 bits per heavy atom.